The molecule has 1 unspecified atom stereocenters. The van der Waals surface area contributed by atoms with Crippen LogP contribution in [0.15, 0.2) is 61.1 Å². The number of fused-ring (bicyclic) bond motifs is 1. The summed E-state index contributed by atoms with van der Waals surface area (Å²) >= 11 is 13.0. The molecule has 0 fully saturated rings. The van der Waals surface area contributed by atoms with Gasteiger partial charge >= 0.3 is 0 Å². The smallest absolute Gasteiger partial charge is 0.183 e. The number of benzene rings is 2. The number of rotatable bonds is 3. The fourth-order valence-corrected chi connectivity index (χ4v) is 4.08. The van der Waals surface area contributed by atoms with Gasteiger partial charge in [-0.3, -0.25) is 4.98 Å². The summed E-state index contributed by atoms with van der Waals surface area (Å²) < 4.78 is 13.5. The number of aromatic hydroxyl groups is 1. The summed E-state index contributed by atoms with van der Waals surface area (Å²) in [7, 11) is 0. The summed E-state index contributed by atoms with van der Waals surface area (Å²) in [6.07, 6.45) is 6.87. The molecule has 1 aliphatic heterocycles. The lowest BCUT2D eigenvalue weighted by Crippen LogP contribution is -2.36. The highest BCUT2D eigenvalue weighted by Gasteiger charge is 2.42. The molecule has 3 nitrogen and oxygen atoms in total. The third kappa shape index (κ3) is 2.67. The lowest BCUT2D eigenvalue weighted by Gasteiger charge is -2.33. The van der Waals surface area contributed by atoms with Crippen LogP contribution in [0.2, 0.25) is 10.0 Å². The van der Waals surface area contributed by atoms with Crippen LogP contribution in [0.25, 0.3) is 6.08 Å². The predicted molar refractivity (Wildman–Crippen MR) is 103 cm³/mol. The molecule has 0 amide bonds. The molecule has 0 bridgehead atoms. The van der Waals surface area contributed by atoms with Crippen LogP contribution < -0.4 is 4.48 Å². The fraction of sp³-hybridized carbons (Fsp3) is 0.0500. The Hall–Kier alpha value is -2.40. The van der Waals surface area contributed by atoms with Crippen LogP contribution in [0, 0.1) is 5.82 Å². The van der Waals surface area contributed by atoms with E-state index in [0.29, 0.717) is 27.8 Å². The molecular weight excluding hydrogens is 374 g/mol. The van der Waals surface area contributed by atoms with Gasteiger partial charge in [-0.1, -0.05) is 41.4 Å². The van der Waals surface area contributed by atoms with Crippen molar-refractivity contribution >= 4 is 40.7 Å². The largest absolute Gasteiger partial charge is 0.507 e. The van der Waals surface area contributed by atoms with E-state index in [1.807, 2.05) is 18.3 Å². The highest BCUT2D eigenvalue weighted by molar-refractivity contribution is 6.39. The molecule has 2 aromatic carbocycles. The molecule has 0 spiro atoms. The maximum Gasteiger partial charge on any atom is 0.183 e. The molecule has 130 valence electrons. The monoisotopic (exact) mass is 387 g/mol. The van der Waals surface area contributed by atoms with Gasteiger partial charge in [-0.15, -0.1) is 0 Å². The highest BCUT2D eigenvalue weighted by Crippen LogP contribution is 2.51. The molecule has 0 saturated heterocycles. The number of hydrogen-bond donors (Lipinski definition) is 1. The predicted octanol–water partition coefficient (Wildman–Crippen LogP) is 6.06. The Morgan fingerprint density at radius 3 is 2.38 bits per heavy atom. The minimum Gasteiger partial charge on any atom is -0.507 e. The molecule has 1 N–H and O–H groups in total. The number of phenols is 1. The first-order valence-electron chi connectivity index (χ1n) is 7.95. The summed E-state index contributed by atoms with van der Waals surface area (Å²) in [5.74, 6) is -0.116. The Kier molecular flexibility index (Phi) is 4.19. The van der Waals surface area contributed by atoms with E-state index in [1.54, 1.807) is 36.7 Å². The van der Waals surface area contributed by atoms with E-state index in [9.17, 15) is 9.50 Å². The molecule has 1 atom stereocenters. The number of nitrogens with zero attached hydrogens (tertiary/aromatic N) is 2. The van der Waals surface area contributed by atoms with Crippen molar-refractivity contribution < 1.29 is 9.50 Å². The number of aromatic nitrogens is 1. The van der Waals surface area contributed by atoms with Gasteiger partial charge in [0, 0.05) is 17.7 Å². The van der Waals surface area contributed by atoms with Gasteiger partial charge in [-0.05, 0) is 18.2 Å². The molecule has 0 radical (unpaired) electrons. The molecule has 0 saturated carbocycles. The van der Waals surface area contributed by atoms with Crippen LogP contribution in [0.1, 0.15) is 11.1 Å². The zero-order chi connectivity index (χ0) is 18.3. The average Bonchev–Trinajstić information content (AvgIpc) is 2.98. The summed E-state index contributed by atoms with van der Waals surface area (Å²) in [5.41, 5.74) is 3.10. The van der Waals surface area contributed by atoms with E-state index in [-0.39, 0.29) is 16.0 Å². The maximum atomic E-state index is 13.3. The van der Waals surface area contributed by atoms with E-state index >= 15 is 0 Å². The van der Waals surface area contributed by atoms with Gasteiger partial charge < -0.3 is 5.11 Å². The van der Waals surface area contributed by atoms with Crippen LogP contribution in [0.5, 0.6) is 5.75 Å². The number of hydrogen-bond acceptors (Lipinski definition) is 2. The third-order valence-corrected chi connectivity index (χ3v) is 5.11. The van der Waals surface area contributed by atoms with Gasteiger partial charge in [0.2, 0.25) is 0 Å². The first-order valence-corrected chi connectivity index (χ1v) is 8.70. The first-order chi connectivity index (χ1) is 12.5. The van der Waals surface area contributed by atoms with Crippen LogP contribution in [0.3, 0.4) is 0 Å². The number of pyridine rings is 1. The average molecular weight is 388 g/mol. The molecule has 0 aliphatic carbocycles. The normalized spacial score (nSPS) is 18.1. The van der Waals surface area contributed by atoms with Crippen molar-refractivity contribution in [3.8, 4) is 5.75 Å². The van der Waals surface area contributed by atoms with Gasteiger partial charge in [0.25, 0.3) is 0 Å². The second kappa shape index (κ2) is 6.40. The first kappa shape index (κ1) is 17.0. The van der Waals surface area contributed by atoms with Crippen molar-refractivity contribution in [2.75, 3.05) is 0 Å². The van der Waals surface area contributed by atoms with Crippen molar-refractivity contribution in [1.29, 1.82) is 0 Å². The maximum absolute atomic E-state index is 13.3. The molecule has 3 aromatic rings. The zero-order valence-electron chi connectivity index (χ0n) is 13.5. The van der Waals surface area contributed by atoms with E-state index in [4.69, 9.17) is 23.2 Å². The van der Waals surface area contributed by atoms with Crippen molar-refractivity contribution in [3.05, 3.63) is 88.0 Å². The third-order valence-electron chi connectivity index (χ3n) is 4.56. The Labute approximate surface area is 160 Å². The number of halogens is 3. The SMILES string of the molecule is Oc1cccc2c1C=C[N+]2(Cc1ccc(F)cc1)c1c(Cl)cncc1Cl. The number of quaternary nitrogens is 1. The minimum absolute atomic E-state index is 0.176. The standard InChI is InChI=1S/C20H13Cl2FN2O/c21-16-10-24-11-17(22)20(16)25(12-13-4-6-14(23)7-5-13)9-8-15-18(25)2-1-3-19(15)26/h1-11H,12H2/p+1. The fourth-order valence-electron chi connectivity index (χ4n) is 3.42. The van der Waals surface area contributed by atoms with Crippen molar-refractivity contribution in [2.45, 2.75) is 6.54 Å². The summed E-state index contributed by atoms with van der Waals surface area (Å²) in [5, 5.41) is 11.1. The van der Waals surface area contributed by atoms with Crippen LogP contribution >= 0.6 is 23.2 Å². The van der Waals surface area contributed by atoms with Gasteiger partial charge in [-0.25, -0.2) is 8.87 Å². The van der Waals surface area contributed by atoms with Crippen LogP contribution in [0.4, 0.5) is 15.8 Å². The molecule has 1 aromatic heterocycles. The molecule has 4 rings (SSSR count). The van der Waals surface area contributed by atoms with E-state index in [1.165, 1.54) is 12.1 Å². The topological polar surface area (TPSA) is 33.1 Å². The van der Waals surface area contributed by atoms with E-state index < -0.39 is 0 Å². The quantitative estimate of drug-likeness (QED) is 0.554. The Bertz CT molecular complexity index is 1000. The second-order valence-corrected chi connectivity index (χ2v) is 6.95. The van der Waals surface area contributed by atoms with Crippen molar-refractivity contribution in [2.24, 2.45) is 0 Å². The summed E-state index contributed by atoms with van der Waals surface area (Å²) in [6, 6.07) is 11.6. The highest BCUT2D eigenvalue weighted by atomic mass is 35.5. The Morgan fingerprint density at radius 2 is 1.69 bits per heavy atom. The molecule has 2 heterocycles. The van der Waals surface area contributed by atoms with Crippen LogP contribution in [-0.4, -0.2) is 10.1 Å². The van der Waals surface area contributed by atoms with Crippen LogP contribution in [-0.2, 0) is 6.54 Å². The lowest BCUT2D eigenvalue weighted by molar-refractivity contribution is 0.468. The van der Waals surface area contributed by atoms with Gasteiger partial charge in [0.05, 0.1) is 18.0 Å². The minimum atomic E-state index is -0.296. The summed E-state index contributed by atoms with van der Waals surface area (Å²) in [6.45, 7) is 0.455. The lowest BCUT2D eigenvalue weighted by atomic mass is 10.1. The van der Waals surface area contributed by atoms with E-state index in [2.05, 4.69) is 4.98 Å². The molecule has 26 heavy (non-hydrogen) atoms. The van der Waals surface area contributed by atoms with Gasteiger partial charge in [0.15, 0.2) is 11.4 Å². The van der Waals surface area contributed by atoms with Crippen molar-refractivity contribution in [1.82, 2.24) is 9.47 Å². The molecular formula is C20H14Cl2FN2O+. The van der Waals surface area contributed by atoms with Gasteiger partial charge in [0.1, 0.15) is 34.4 Å². The Balaban J connectivity index is 1.97. The second-order valence-electron chi connectivity index (χ2n) is 6.13. The Morgan fingerprint density at radius 1 is 1.00 bits per heavy atom. The molecule has 6 heteroatoms. The number of phenolic OH excluding ortho intramolecular Hbond substituents is 1. The molecule has 1 aliphatic rings. The van der Waals surface area contributed by atoms with Gasteiger partial charge in [-0.2, -0.15) is 0 Å². The van der Waals surface area contributed by atoms with Crippen molar-refractivity contribution in [3.63, 3.8) is 0 Å². The zero-order valence-corrected chi connectivity index (χ0v) is 15.0. The summed E-state index contributed by atoms with van der Waals surface area (Å²) in [4.78, 5) is 4.04. The van der Waals surface area contributed by atoms with E-state index in [0.717, 1.165) is 11.3 Å².